The van der Waals surface area contributed by atoms with Gasteiger partial charge in [-0.15, -0.1) is 0 Å². The predicted molar refractivity (Wildman–Crippen MR) is 102 cm³/mol. The summed E-state index contributed by atoms with van der Waals surface area (Å²) in [6, 6.07) is 15.6. The van der Waals surface area contributed by atoms with E-state index in [1.54, 1.807) is 48.5 Å². The highest BCUT2D eigenvalue weighted by atomic mass is 35.5. The Morgan fingerprint density at radius 2 is 1.89 bits per heavy atom. The maximum atomic E-state index is 12.8. The van der Waals surface area contributed by atoms with Crippen LogP contribution in [0.3, 0.4) is 0 Å². The lowest BCUT2D eigenvalue weighted by Gasteiger charge is -2.08. The lowest BCUT2D eigenvalue weighted by molar-refractivity contribution is -0.144. The number of fused-ring (bicyclic) bond motifs is 1. The number of benzene rings is 2. The number of para-hydroxylation sites is 2. The lowest BCUT2D eigenvalue weighted by atomic mass is 10.1. The Labute approximate surface area is 160 Å². The minimum absolute atomic E-state index is 0.0947. The first kappa shape index (κ1) is 18.7. The molecule has 27 heavy (non-hydrogen) atoms. The zero-order valence-corrected chi connectivity index (χ0v) is 15.3. The molecule has 6 nitrogen and oxygen atoms in total. The Kier molecular flexibility index (Phi) is 5.88. The van der Waals surface area contributed by atoms with Crippen LogP contribution in [0.15, 0.2) is 64.2 Å². The van der Waals surface area contributed by atoms with Crippen molar-refractivity contribution in [1.29, 1.82) is 0 Å². The third-order valence-electron chi connectivity index (χ3n) is 3.71. The van der Waals surface area contributed by atoms with Crippen LogP contribution in [-0.4, -0.2) is 11.9 Å². The van der Waals surface area contributed by atoms with E-state index < -0.39 is 11.9 Å². The summed E-state index contributed by atoms with van der Waals surface area (Å²) in [4.78, 5) is 29.3. The van der Waals surface area contributed by atoms with Crippen LogP contribution in [0.25, 0.3) is 11.0 Å². The molecule has 7 heteroatoms. The number of carbonyl (C=O) groups is 2. The molecule has 1 heterocycles. The fraction of sp³-hybridized carbons (Fsp3) is 0.150. The number of nitrogens with one attached hydrogen (secondary N) is 1. The van der Waals surface area contributed by atoms with Crippen LogP contribution < -0.4 is 10.9 Å². The maximum Gasteiger partial charge on any atom is 0.335 e. The van der Waals surface area contributed by atoms with Gasteiger partial charge in [-0.1, -0.05) is 48.9 Å². The van der Waals surface area contributed by atoms with Gasteiger partial charge >= 0.3 is 5.97 Å². The molecule has 138 valence electrons. The second kappa shape index (κ2) is 8.51. The molecule has 3 rings (SSSR count). The van der Waals surface area contributed by atoms with E-state index >= 15 is 0 Å². The number of nitrogens with zero attached hydrogens (tertiary/aromatic N) is 1. The fourth-order valence-corrected chi connectivity index (χ4v) is 2.58. The predicted octanol–water partition coefficient (Wildman–Crippen LogP) is 4.50. The molecule has 0 aliphatic carbocycles. The second-order valence-electron chi connectivity index (χ2n) is 5.74. The zero-order chi connectivity index (χ0) is 19.2. The van der Waals surface area contributed by atoms with Crippen molar-refractivity contribution in [3.8, 4) is 0 Å². The SMILES string of the molecule is CCCC(=O)O/N=c1\oc2ccccc2cc1C(=O)Nc1ccccc1Cl. The summed E-state index contributed by atoms with van der Waals surface area (Å²) in [5.41, 5.74) is 0.990. The standard InChI is InChI=1S/C20H17ClN2O4/c1-2-7-18(24)27-23-20-14(12-13-8-3-6-11-17(13)26-20)19(25)22-16-10-5-4-9-15(16)21/h3-6,8-12H,2,7H2,1H3,(H,22,25)/b23-20-. The Hall–Kier alpha value is -3.12. The first-order valence-corrected chi connectivity index (χ1v) is 8.79. The minimum atomic E-state index is -0.502. The Balaban J connectivity index is 2.02. The first-order chi connectivity index (χ1) is 13.1. The average molecular weight is 385 g/mol. The fourth-order valence-electron chi connectivity index (χ4n) is 2.39. The van der Waals surface area contributed by atoms with Gasteiger partial charge < -0.3 is 14.6 Å². The lowest BCUT2D eigenvalue weighted by Crippen LogP contribution is -2.22. The molecular formula is C20H17ClN2O4. The summed E-state index contributed by atoms with van der Waals surface area (Å²) >= 11 is 6.10. The molecule has 0 spiro atoms. The molecule has 0 bridgehead atoms. The summed E-state index contributed by atoms with van der Waals surface area (Å²) in [5, 5.41) is 7.57. The summed E-state index contributed by atoms with van der Waals surface area (Å²) in [7, 11) is 0. The molecule has 1 aromatic heterocycles. The van der Waals surface area contributed by atoms with Crippen LogP contribution in [0, 0.1) is 0 Å². The van der Waals surface area contributed by atoms with E-state index in [9.17, 15) is 9.59 Å². The molecule has 1 N–H and O–H groups in total. The van der Waals surface area contributed by atoms with Crippen molar-refractivity contribution in [2.45, 2.75) is 19.8 Å². The van der Waals surface area contributed by atoms with Crippen LogP contribution in [0.4, 0.5) is 5.69 Å². The third-order valence-corrected chi connectivity index (χ3v) is 4.04. The number of halogens is 1. The van der Waals surface area contributed by atoms with E-state index in [0.717, 1.165) is 0 Å². The van der Waals surface area contributed by atoms with Gasteiger partial charge in [0.05, 0.1) is 10.7 Å². The Bertz CT molecular complexity index is 1060. The summed E-state index contributed by atoms with van der Waals surface area (Å²) in [5.74, 6) is -0.985. The van der Waals surface area contributed by atoms with E-state index in [4.69, 9.17) is 20.9 Å². The van der Waals surface area contributed by atoms with E-state index in [1.807, 2.05) is 13.0 Å². The van der Waals surface area contributed by atoms with Gasteiger partial charge in [-0.2, -0.15) is 0 Å². The first-order valence-electron chi connectivity index (χ1n) is 8.41. The van der Waals surface area contributed by atoms with Gasteiger partial charge in [-0.3, -0.25) is 4.79 Å². The van der Waals surface area contributed by atoms with Crippen molar-refractivity contribution >= 4 is 40.1 Å². The molecule has 2 aromatic carbocycles. The average Bonchev–Trinajstić information content (AvgIpc) is 2.67. The highest BCUT2D eigenvalue weighted by molar-refractivity contribution is 6.33. The van der Waals surface area contributed by atoms with E-state index in [-0.39, 0.29) is 17.5 Å². The van der Waals surface area contributed by atoms with Crippen LogP contribution in [0.5, 0.6) is 0 Å². The molecule has 0 radical (unpaired) electrons. The van der Waals surface area contributed by atoms with E-state index in [1.165, 1.54) is 0 Å². The number of hydrogen-bond donors (Lipinski definition) is 1. The third kappa shape index (κ3) is 4.54. The summed E-state index contributed by atoms with van der Waals surface area (Å²) in [6.07, 6.45) is 0.849. The quantitative estimate of drug-likeness (QED) is 0.518. The molecule has 0 aliphatic heterocycles. The number of hydrogen-bond acceptors (Lipinski definition) is 5. The molecule has 0 unspecified atom stereocenters. The molecule has 3 aromatic rings. The van der Waals surface area contributed by atoms with Gasteiger partial charge in [-0.05, 0) is 35.8 Å². The molecule has 0 saturated carbocycles. The molecule has 0 aliphatic rings. The van der Waals surface area contributed by atoms with E-state index in [2.05, 4.69) is 10.5 Å². The van der Waals surface area contributed by atoms with Gasteiger partial charge in [0.25, 0.3) is 11.5 Å². The van der Waals surface area contributed by atoms with Gasteiger partial charge in [-0.25, -0.2) is 4.79 Å². The van der Waals surface area contributed by atoms with Crippen molar-refractivity contribution in [2.75, 3.05) is 5.32 Å². The van der Waals surface area contributed by atoms with Gasteiger partial charge in [0, 0.05) is 11.8 Å². The van der Waals surface area contributed by atoms with Gasteiger partial charge in [0.15, 0.2) is 0 Å². The summed E-state index contributed by atoms with van der Waals surface area (Å²) in [6.45, 7) is 1.85. The van der Waals surface area contributed by atoms with E-state index in [0.29, 0.717) is 28.1 Å². The van der Waals surface area contributed by atoms with Gasteiger partial charge in [0.2, 0.25) is 0 Å². The second-order valence-corrected chi connectivity index (χ2v) is 6.15. The highest BCUT2D eigenvalue weighted by Gasteiger charge is 2.15. The number of amides is 1. The molecule has 0 fully saturated rings. The molecule has 0 saturated heterocycles. The van der Waals surface area contributed by atoms with Crippen molar-refractivity contribution in [2.24, 2.45) is 5.16 Å². The normalized spacial score (nSPS) is 11.4. The number of rotatable bonds is 5. The van der Waals surface area contributed by atoms with Crippen LogP contribution in [0.1, 0.15) is 30.1 Å². The van der Waals surface area contributed by atoms with Crippen molar-refractivity contribution in [3.05, 3.63) is 70.7 Å². The number of carbonyl (C=O) groups excluding carboxylic acids is 2. The smallest absolute Gasteiger partial charge is 0.335 e. The number of anilines is 1. The highest BCUT2D eigenvalue weighted by Crippen LogP contribution is 2.21. The van der Waals surface area contributed by atoms with Crippen LogP contribution in [0.2, 0.25) is 5.02 Å². The maximum absolute atomic E-state index is 12.8. The van der Waals surface area contributed by atoms with Crippen molar-refractivity contribution < 1.29 is 18.8 Å². The molecule has 1 amide bonds. The monoisotopic (exact) mass is 384 g/mol. The topological polar surface area (TPSA) is 80.9 Å². The van der Waals surface area contributed by atoms with Crippen LogP contribution >= 0.6 is 11.6 Å². The summed E-state index contributed by atoms with van der Waals surface area (Å²) < 4.78 is 5.67. The van der Waals surface area contributed by atoms with Crippen molar-refractivity contribution in [3.63, 3.8) is 0 Å². The van der Waals surface area contributed by atoms with Crippen LogP contribution in [-0.2, 0) is 9.63 Å². The molecular weight excluding hydrogens is 368 g/mol. The zero-order valence-electron chi connectivity index (χ0n) is 14.6. The van der Waals surface area contributed by atoms with Gasteiger partial charge in [0.1, 0.15) is 11.1 Å². The molecule has 0 atom stereocenters. The largest absolute Gasteiger partial charge is 0.435 e. The van der Waals surface area contributed by atoms with Crippen molar-refractivity contribution in [1.82, 2.24) is 0 Å². The Morgan fingerprint density at radius 1 is 1.15 bits per heavy atom. The minimum Gasteiger partial charge on any atom is -0.435 e. The Morgan fingerprint density at radius 3 is 2.67 bits per heavy atom.